The first-order chi connectivity index (χ1) is 4.63. The van der Waals surface area contributed by atoms with Gasteiger partial charge in [0.25, 0.3) is 0 Å². The van der Waals surface area contributed by atoms with Gasteiger partial charge in [0.05, 0.1) is 5.92 Å². The molecule has 0 heterocycles. The predicted molar refractivity (Wildman–Crippen MR) is 37.1 cm³/mol. The van der Waals surface area contributed by atoms with Gasteiger partial charge in [0.2, 0.25) is 0 Å². The molecule has 0 N–H and O–H groups in total. The second-order valence-corrected chi connectivity index (χ2v) is 2.85. The predicted octanol–water partition coefficient (Wildman–Crippen LogP) is 2.08. The van der Waals surface area contributed by atoms with Gasteiger partial charge in [-0.05, 0) is 13.3 Å². The fourth-order valence-corrected chi connectivity index (χ4v) is 1.14. The molecule has 0 bridgehead atoms. The molecule has 0 saturated carbocycles. The van der Waals surface area contributed by atoms with Gasteiger partial charge >= 0.3 is 0 Å². The summed E-state index contributed by atoms with van der Waals surface area (Å²) in [5.74, 6) is -0.721. The van der Waals surface area contributed by atoms with Crippen molar-refractivity contribution in [2.45, 2.75) is 20.3 Å². The molecule has 10 heavy (non-hydrogen) atoms. The molecule has 1 nitrogen and oxygen atoms in total. The molecule has 0 fully saturated rings. The van der Waals surface area contributed by atoms with Gasteiger partial charge in [0.1, 0.15) is 11.6 Å². The Balaban J connectivity index is 2.81. The summed E-state index contributed by atoms with van der Waals surface area (Å²) < 4.78 is 12.6. The van der Waals surface area contributed by atoms with Crippen molar-refractivity contribution in [2.75, 3.05) is 0 Å². The van der Waals surface area contributed by atoms with Crippen LogP contribution in [0.15, 0.2) is 11.9 Å². The standard InChI is InChI=1S/C8H11FO/c1-5-3-4-7(9)6(2)8(5)10/h4-6H,3H2,1-2H3. The van der Waals surface area contributed by atoms with E-state index in [1.54, 1.807) is 6.92 Å². The minimum absolute atomic E-state index is 0.00880. The Kier molecular flexibility index (Phi) is 1.88. The molecule has 0 spiro atoms. The van der Waals surface area contributed by atoms with Crippen LogP contribution in [0.5, 0.6) is 0 Å². The zero-order valence-corrected chi connectivity index (χ0v) is 6.23. The van der Waals surface area contributed by atoms with E-state index in [2.05, 4.69) is 0 Å². The van der Waals surface area contributed by atoms with Crippen molar-refractivity contribution in [2.24, 2.45) is 11.8 Å². The van der Waals surface area contributed by atoms with Gasteiger partial charge in [-0.1, -0.05) is 13.0 Å². The number of ketones is 1. The van der Waals surface area contributed by atoms with Gasteiger partial charge in [-0.15, -0.1) is 0 Å². The minimum atomic E-state index is -0.497. The normalized spacial score (nSPS) is 33.9. The highest BCUT2D eigenvalue weighted by Crippen LogP contribution is 2.25. The molecule has 2 heteroatoms. The second kappa shape index (κ2) is 2.52. The topological polar surface area (TPSA) is 17.1 Å². The number of rotatable bonds is 0. The van der Waals surface area contributed by atoms with Crippen LogP contribution in [0.4, 0.5) is 4.39 Å². The SMILES string of the molecule is CC1CC=C(F)C(C)C1=O. The lowest BCUT2D eigenvalue weighted by molar-refractivity contribution is -0.125. The number of halogens is 1. The van der Waals surface area contributed by atoms with Crippen LogP contribution in [0.2, 0.25) is 0 Å². The van der Waals surface area contributed by atoms with E-state index >= 15 is 0 Å². The first-order valence-electron chi connectivity index (χ1n) is 3.52. The van der Waals surface area contributed by atoms with E-state index < -0.39 is 5.92 Å². The van der Waals surface area contributed by atoms with Crippen molar-refractivity contribution in [3.05, 3.63) is 11.9 Å². The maximum atomic E-state index is 12.6. The average Bonchev–Trinajstić information content (AvgIpc) is 1.93. The fourth-order valence-electron chi connectivity index (χ4n) is 1.14. The van der Waals surface area contributed by atoms with E-state index in [4.69, 9.17) is 0 Å². The Morgan fingerprint density at radius 2 is 2.20 bits per heavy atom. The molecule has 1 aliphatic carbocycles. The molecule has 0 amide bonds. The number of Topliss-reactive ketones (excluding diaryl/α,β-unsaturated/α-hetero) is 1. The lowest BCUT2D eigenvalue weighted by Gasteiger charge is -2.18. The Morgan fingerprint density at radius 1 is 1.60 bits per heavy atom. The summed E-state index contributed by atoms with van der Waals surface area (Å²) in [4.78, 5) is 11.1. The molecule has 2 atom stereocenters. The number of carbonyl (C=O) groups is 1. The summed E-state index contributed by atoms with van der Waals surface area (Å²) >= 11 is 0. The van der Waals surface area contributed by atoms with Gasteiger partial charge in [-0.3, -0.25) is 4.79 Å². The summed E-state index contributed by atoms with van der Waals surface area (Å²) in [5.41, 5.74) is 0. The first-order valence-corrected chi connectivity index (χ1v) is 3.52. The van der Waals surface area contributed by atoms with Crippen LogP contribution < -0.4 is 0 Å². The van der Waals surface area contributed by atoms with Crippen LogP contribution >= 0.6 is 0 Å². The van der Waals surface area contributed by atoms with Crippen molar-refractivity contribution in [1.82, 2.24) is 0 Å². The summed E-state index contributed by atoms with van der Waals surface area (Å²) in [6.45, 7) is 3.45. The molecule has 0 saturated heterocycles. The Bertz CT molecular complexity index is 184. The van der Waals surface area contributed by atoms with Crippen molar-refractivity contribution in [1.29, 1.82) is 0 Å². The quantitative estimate of drug-likeness (QED) is 0.506. The van der Waals surface area contributed by atoms with Crippen molar-refractivity contribution >= 4 is 5.78 Å². The molecule has 1 aliphatic rings. The van der Waals surface area contributed by atoms with E-state index in [0.29, 0.717) is 6.42 Å². The highest BCUT2D eigenvalue weighted by Gasteiger charge is 2.26. The summed E-state index contributed by atoms with van der Waals surface area (Å²) in [6, 6.07) is 0. The Morgan fingerprint density at radius 3 is 2.70 bits per heavy atom. The lowest BCUT2D eigenvalue weighted by atomic mass is 9.87. The molecule has 0 radical (unpaired) electrons. The molecule has 0 aromatic rings. The van der Waals surface area contributed by atoms with Gasteiger partial charge in [0, 0.05) is 5.92 Å². The van der Waals surface area contributed by atoms with Crippen LogP contribution in [0.1, 0.15) is 20.3 Å². The molecule has 0 aromatic carbocycles. The summed E-state index contributed by atoms with van der Waals surface area (Å²) in [7, 11) is 0. The van der Waals surface area contributed by atoms with E-state index in [1.165, 1.54) is 6.08 Å². The van der Waals surface area contributed by atoms with Crippen molar-refractivity contribution in [3.8, 4) is 0 Å². The Labute approximate surface area is 59.9 Å². The van der Waals surface area contributed by atoms with Crippen molar-refractivity contribution in [3.63, 3.8) is 0 Å². The van der Waals surface area contributed by atoms with Crippen LogP contribution in [-0.2, 0) is 4.79 Å². The van der Waals surface area contributed by atoms with Crippen LogP contribution in [0, 0.1) is 11.8 Å². The molecule has 56 valence electrons. The van der Waals surface area contributed by atoms with E-state index in [-0.39, 0.29) is 17.5 Å². The lowest BCUT2D eigenvalue weighted by Crippen LogP contribution is -2.23. The third-order valence-electron chi connectivity index (χ3n) is 1.99. The summed E-state index contributed by atoms with van der Waals surface area (Å²) in [5, 5.41) is 0. The molecule has 0 aliphatic heterocycles. The van der Waals surface area contributed by atoms with Gasteiger partial charge in [-0.2, -0.15) is 0 Å². The van der Waals surface area contributed by atoms with Gasteiger partial charge in [0.15, 0.2) is 0 Å². The Hall–Kier alpha value is -0.660. The van der Waals surface area contributed by atoms with Gasteiger partial charge in [-0.25, -0.2) is 4.39 Å². The maximum Gasteiger partial charge on any atom is 0.145 e. The molecular weight excluding hydrogens is 131 g/mol. The monoisotopic (exact) mass is 142 g/mol. The highest BCUT2D eigenvalue weighted by molar-refractivity contribution is 5.86. The molecule has 0 aromatic heterocycles. The highest BCUT2D eigenvalue weighted by atomic mass is 19.1. The second-order valence-electron chi connectivity index (χ2n) is 2.85. The molecule has 2 unspecified atom stereocenters. The average molecular weight is 142 g/mol. The van der Waals surface area contributed by atoms with Crippen LogP contribution in [0.3, 0.4) is 0 Å². The zero-order valence-electron chi connectivity index (χ0n) is 6.23. The number of hydrogen-bond acceptors (Lipinski definition) is 1. The largest absolute Gasteiger partial charge is 0.299 e. The first kappa shape index (κ1) is 7.45. The third-order valence-corrected chi connectivity index (χ3v) is 1.99. The number of allylic oxidation sites excluding steroid dienone is 2. The minimum Gasteiger partial charge on any atom is -0.299 e. The zero-order chi connectivity index (χ0) is 7.72. The fraction of sp³-hybridized carbons (Fsp3) is 0.625. The van der Waals surface area contributed by atoms with E-state index in [1.807, 2.05) is 6.92 Å². The maximum absolute atomic E-state index is 12.6. The third kappa shape index (κ3) is 1.11. The van der Waals surface area contributed by atoms with E-state index in [0.717, 1.165) is 0 Å². The molecule has 1 rings (SSSR count). The number of carbonyl (C=O) groups excluding carboxylic acids is 1. The smallest absolute Gasteiger partial charge is 0.145 e. The van der Waals surface area contributed by atoms with E-state index in [9.17, 15) is 9.18 Å². The summed E-state index contributed by atoms with van der Waals surface area (Å²) in [6.07, 6.45) is 2.08. The van der Waals surface area contributed by atoms with Crippen molar-refractivity contribution < 1.29 is 9.18 Å². The van der Waals surface area contributed by atoms with Gasteiger partial charge < -0.3 is 0 Å². The van der Waals surface area contributed by atoms with Crippen LogP contribution in [-0.4, -0.2) is 5.78 Å². The molecular formula is C8H11FO. The van der Waals surface area contributed by atoms with Crippen LogP contribution in [0.25, 0.3) is 0 Å². The number of hydrogen-bond donors (Lipinski definition) is 0.